The van der Waals surface area contributed by atoms with Gasteiger partial charge in [-0.25, -0.2) is 0 Å². The van der Waals surface area contributed by atoms with E-state index in [1.165, 1.54) is 53.5 Å². The fourth-order valence-electron chi connectivity index (χ4n) is 5.95. The summed E-state index contributed by atoms with van der Waals surface area (Å²) in [5, 5.41) is 1.25. The van der Waals surface area contributed by atoms with Crippen LogP contribution in [0.1, 0.15) is 35.4 Å². The van der Waals surface area contributed by atoms with Crippen molar-refractivity contribution in [3.05, 3.63) is 108 Å². The molecule has 4 heterocycles. The first-order valence-electron chi connectivity index (χ1n) is 11.8. The number of benzene rings is 3. The Morgan fingerprint density at radius 1 is 0.812 bits per heavy atom. The van der Waals surface area contributed by atoms with Crippen molar-refractivity contribution in [3.63, 3.8) is 0 Å². The summed E-state index contributed by atoms with van der Waals surface area (Å²) >= 11 is 0. The van der Waals surface area contributed by atoms with Crippen LogP contribution in [0.5, 0.6) is 0 Å². The van der Waals surface area contributed by atoms with E-state index in [9.17, 15) is 0 Å². The summed E-state index contributed by atoms with van der Waals surface area (Å²) in [7, 11) is 0. The Hall–Kier alpha value is -3.17. The third-order valence-corrected chi connectivity index (χ3v) is 7.49. The zero-order chi connectivity index (χ0) is 21.3. The molecule has 3 aliphatic rings. The van der Waals surface area contributed by atoms with Gasteiger partial charge in [0.2, 0.25) is 0 Å². The van der Waals surface area contributed by atoms with Crippen LogP contribution in [-0.4, -0.2) is 41.3 Å². The highest BCUT2D eigenvalue weighted by Crippen LogP contribution is 2.43. The summed E-state index contributed by atoms with van der Waals surface area (Å²) < 4.78 is 0. The van der Waals surface area contributed by atoms with Crippen molar-refractivity contribution in [1.29, 1.82) is 0 Å². The zero-order valence-corrected chi connectivity index (χ0v) is 18.3. The number of fused-ring (bicyclic) bond motifs is 4. The van der Waals surface area contributed by atoms with E-state index < -0.39 is 0 Å². The predicted molar refractivity (Wildman–Crippen MR) is 132 cm³/mol. The largest absolute Gasteiger partial charge is 0.361 e. The maximum Gasteiger partial charge on any atom is 0.0693 e. The summed E-state index contributed by atoms with van der Waals surface area (Å²) in [4.78, 5) is 11.4. The Bertz CT molecular complexity index is 1160. The molecule has 3 saturated heterocycles. The van der Waals surface area contributed by atoms with Gasteiger partial charge in [0.25, 0.3) is 0 Å². The molecule has 0 amide bonds. The number of rotatable bonds is 5. The topological polar surface area (TPSA) is 31.4 Å². The lowest BCUT2D eigenvalue weighted by molar-refractivity contribution is 0.0215. The maximum atomic E-state index is 5.33. The average Bonchev–Trinajstić information content (AvgIpc) is 3.28. The number of piperidine rings is 3. The van der Waals surface area contributed by atoms with E-state index in [1.54, 1.807) is 0 Å². The van der Waals surface area contributed by atoms with E-state index in [-0.39, 0.29) is 0 Å². The van der Waals surface area contributed by atoms with Crippen LogP contribution in [0.15, 0.2) is 96.1 Å². The second kappa shape index (κ2) is 8.40. The molecule has 3 fully saturated rings. The average molecular weight is 420 g/mol. The number of para-hydroxylation sites is 1. The maximum absolute atomic E-state index is 5.33. The Balaban J connectivity index is 1.42. The van der Waals surface area contributed by atoms with E-state index in [1.807, 2.05) is 0 Å². The van der Waals surface area contributed by atoms with Crippen molar-refractivity contribution in [2.45, 2.75) is 30.8 Å². The van der Waals surface area contributed by atoms with E-state index in [4.69, 9.17) is 4.99 Å². The third-order valence-electron chi connectivity index (χ3n) is 7.49. The van der Waals surface area contributed by atoms with Crippen LogP contribution in [0.25, 0.3) is 10.9 Å². The van der Waals surface area contributed by atoms with E-state index >= 15 is 0 Å². The van der Waals surface area contributed by atoms with Crippen LogP contribution in [0.3, 0.4) is 0 Å². The smallest absolute Gasteiger partial charge is 0.0693 e. The van der Waals surface area contributed by atoms with Crippen molar-refractivity contribution in [3.8, 4) is 0 Å². The van der Waals surface area contributed by atoms with E-state index in [2.05, 4.69) is 107 Å². The predicted octanol–water partition coefficient (Wildman–Crippen LogP) is 5.88. The van der Waals surface area contributed by atoms with Crippen LogP contribution < -0.4 is 0 Å². The Morgan fingerprint density at radius 2 is 1.44 bits per heavy atom. The zero-order valence-electron chi connectivity index (χ0n) is 18.3. The fourth-order valence-corrected chi connectivity index (χ4v) is 5.95. The number of nitrogens with zero attached hydrogens (tertiary/aromatic N) is 2. The molecule has 1 N–H and O–H groups in total. The molecule has 1 aromatic heterocycles. The van der Waals surface area contributed by atoms with Crippen LogP contribution in [0.4, 0.5) is 0 Å². The highest BCUT2D eigenvalue weighted by Gasteiger charge is 2.46. The lowest BCUT2D eigenvalue weighted by atomic mass is 9.71. The van der Waals surface area contributed by atoms with Crippen molar-refractivity contribution in [1.82, 2.24) is 9.88 Å². The second-order valence-corrected chi connectivity index (χ2v) is 9.22. The molecule has 4 aromatic rings. The van der Waals surface area contributed by atoms with Crippen LogP contribution in [0.2, 0.25) is 0 Å². The van der Waals surface area contributed by atoms with Gasteiger partial charge >= 0.3 is 0 Å². The lowest BCUT2D eigenvalue weighted by Gasteiger charge is -2.52. The molecule has 32 heavy (non-hydrogen) atoms. The summed E-state index contributed by atoms with van der Waals surface area (Å²) in [6.07, 6.45) is 6.73. The van der Waals surface area contributed by atoms with Crippen LogP contribution in [0, 0.1) is 5.92 Å². The molecule has 2 atom stereocenters. The van der Waals surface area contributed by atoms with Gasteiger partial charge in [-0.15, -0.1) is 0 Å². The quantitative estimate of drug-likeness (QED) is 0.402. The van der Waals surface area contributed by atoms with Crippen molar-refractivity contribution in [2.75, 3.05) is 13.1 Å². The number of hydrogen-bond donors (Lipinski definition) is 1. The first-order chi connectivity index (χ1) is 15.9. The van der Waals surface area contributed by atoms with Gasteiger partial charge in [-0.3, -0.25) is 9.89 Å². The lowest BCUT2D eigenvalue weighted by Crippen LogP contribution is -2.59. The molecule has 0 aliphatic carbocycles. The molecule has 160 valence electrons. The molecule has 3 nitrogen and oxygen atoms in total. The highest BCUT2D eigenvalue weighted by atomic mass is 15.2. The minimum Gasteiger partial charge on any atom is -0.361 e. The number of nitrogens with one attached hydrogen (secondary N) is 1. The summed E-state index contributed by atoms with van der Waals surface area (Å²) in [5.41, 5.74) is 5.14. The fraction of sp³-hybridized carbons (Fsp3) is 0.276. The molecule has 0 unspecified atom stereocenters. The minimum absolute atomic E-state index is 0.302. The van der Waals surface area contributed by atoms with Crippen LogP contribution >= 0.6 is 0 Å². The van der Waals surface area contributed by atoms with Gasteiger partial charge in [0, 0.05) is 40.8 Å². The minimum atomic E-state index is 0.302. The van der Waals surface area contributed by atoms with Gasteiger partial charge in [-0.1, -0.05) is 78.9 Å². The molecule has 0 radical (unpaired) electrons. The van der Waals surface area contributed by atoms with Gasteiger partial charge < -0.3 is 4.98 Å². The molecular formula is C29H29N3. The number of hydrogen-bond acceptors (Lipinski definition) is 2. The molecular weight excluding hydrogens is 390 g/mol. The Labute approximate surface area is 189 Å². The molecule has 2 bridgehead atoms. The second-order valence-electron chi connectivity index (χ2n) is 9.22. The Morgan fingerprint density at radius 3 is 2.12 bits per heavy atom. The number of aromatic amines is 1. The summed E-state index contributed by atoms with van der Waals surface area (Å²) in [6, 6.07) is 31.3. The molecule has 3 aromatic carbocycles. The molecule has 3 heteroatoms. The van der Waals surface area contributed by atoms with Crippen LogP contribution in [-0.2, 0) is 0 Å². The van der Waals surface area contributed by atoms with Crippen molar-refractivity contribution in [2.24, 2.45) is 10.9 Å². The van der Waals surface area contributed by atoms with Gasteiger partial charge in [0.05, 0.1) is 6.04 Å². The molecule has 3 aliphatic heterocycles. The summed E-state index contributed by atoms with van der Waals surface area (Å²) in [5.74, 6) is 0.979. The normalized spacial score (nSPS) is 25.2. The monoisotopic (exact) mass is 419 g/mol. The molecule has 7 rings (SSSR count). The number of aliphatic imine (C=N–C) groups is 1. The number of H-pyrrole nitrogens is 1. The molecule has 0 saturated carbocycles. The third kappa shape index (κ3) is 3.47. The molecule has 0 spiro atoms. The van der Waals surface area contributed by atoms with Crippen molar-refractivity contribution >= 4 is 17.1 Å². The Kier molecular flexibility index (Phi) is 5.12. The van der Waals surface area contributed by atoms with Gasteiger partial charge in [-0.05, 0) is 49.0 Å². The first kappa shape index (κ1) is 19.5. The first-order valence-corrected chi connectivity index (χ1v) is 11.8. The highest BCUT2D eigenvalue weighted by molar-refractivity contribution is 5.99. The van der Waals surface area contributed by atoms with Gasteiger partial charge in [0.15, 0.2) is 0 Å². The van der Waals surface area contributed by atoms with Gasteiger partial charge in [0.1, 0.15) is 0 Å². The standard InChI is InChI=1S/C29H29N3/c1-3-9-21(10-4-1)27(22-11-5-2-6-12-22)29-28(23-15-17-32(29)18-16-23)31-20-24-19-30-26-14-8-7-13-25(24)26/h1-14,19-20,23,27-30H,15-18H2/t28-,29+/m1/s1. The van der Waals surface area contributed by atoms with Gasteiger partial charge in [-0.2, -0.15) is 0 Å². The van der Waals surface area contributed by atoms with E-state index in [0.29, 0.717) is 23.9 Å². The number of aromatic nitrogens is 1. The SMILES string of the molecule is C(=N[C@@H]1C2CCN(CC2)[C@H]1C(c1ccccc1)c1ccccc1)c1c[nH]c2ccccc12. The van der Waals surface area contributed by atoms with Crippen molar-refractivity contribution < 1.29 is 0 Å². The summed E-state index contributed by atoms with van der Waals surface area (Å²) in [6.45, 7) is 2.37. The van der Waals surface area contributed by atoms with E-state index in [0.717, 1.165) is 0 Å².